The van der Waals surface area contributed by atoms with Crippen molar-refractivity contribution in [3.8, 4) is 0 Å². The molecule has 2 rings (SSSR count). The Morgan fingerprint density at radius 3 is 2.63 bits per heavy atom. The summed E-state index contributed by atoms with van der Waals surface area (Å²) in [6.45, 7) is 4.33. The van der Waals surface area contributed by atoms with Crippen molar-refractivity contribution in [2.24, 2.45) is 0 Å². The van der Waals surface area contributed by atoms with Gasteiger partial charge in [0.25, 0.3) is 0 Å². The number of carbonyl (C=O) groups is 1. The van der Waals surface area contributed by atoms with E-state index in [0.717, 1.165) is 12.0 Å². The molecular weight excluding hydrogens is 242 g/mol. The molecule has 1 fully saturated rings. The van der Waals surface area contributed by atoms with Gasteiger partial charge in [0, 0.05) is 7.05 Å². The first-order chi connectivity index (χ1) is 9.08. The maximum Gasteiger partial charge on any atom is 0.410 e. The van der Waals surface area contributed by atoms with Crippen molar-refractivity contribution in [1.29, 1.82) is 0 Å². The second-order valence-corrected chi connectivity index (χ2v) is 5.11. The second-order valence-electron chi connectivity index (χ2n) is 5.11. The molecule has 0 spiro atoms. The first kappa shape index (κ1) is 13.9. The Balaban J connectivity index is 1.86. The molecule has 0 radical (unpaired) electrons. The summed E-state index contributed by atoms with van der Waals surface area (Å²) in [5, 5.41) is 0. The first-order valence-corrected chi connectivity index (χ1v) is 6.67. The highest BCUT2D eigenvalue weighted by Gasteiger charge is 2.35. The van der Waals surface area contributed by atoms with Gasteiger partial charge < -0.3 is 14.4 Å². The number of hydrogen-bond acceptors (Lipinski definition) is 3. The monoisotopic (exact) mass is 263 g/mol. The average Bonchev–Trinajstić information content (AvgIpc) is 2.75. The fraction of sp³-hybridized carbons (Fsp3) is 0.533. The number of amides is 1. The molecule has 1 saturated heterocycles. The lowest BCUT2D eigenvalue weighted by atomic mass is 10.1. The van der Waals surface area contributed by atoms with Gasteiger partial charge in [-0.25, -0.2) is 4.79 Å². The average molecular weight is 263 g/mol. The van der Waals surface area contributed by atoms with E-state index >= 15 is 0 Å². The molecule has 1 amide bonds. The van der Waals surface area contributed by atoms with E-state index in [1.165, 1.54) is 0 Å². The zero-order chi connectivity index (χ0) is 13.8. The summed E-state index contributed by atoms with van der Waals surface area (Å²) in [5.74, 6) is 0. The van der Waals surface area contributed by atoms with Gasteiger partial charge in [-0.2, -0.15) is 0 Å². The van der Waals surface area contributed by atoms with E-state index in [-0.39, 0.29) is 24.3 Å². The second kappa shape index (κ2) is 6.06. The molecule has 104 valence electrons. The van der Waals surface area contributed by atoms with Crippen molar-refractivity contribution in [2.75, 3.05) is 7.05 Å². The highest BCUT2D eigenvalue weighted by atomic mass is 16.6. The van der Waals surface area contributed by atoms with Crippen molar-refractivity contribution in [2.45, 2.75) is 45.1 Å². The van der Waals surface area contributed by atoms with Gasteiger partial charge in [0.1, 0.15) is 6.61 Å². The smallest absolute Gasteiger partial charge is 0.410 e. The van der Waals surface area contributed by atoms with Gasteiger partial charge in [-0.3, -0.25) is 0 Å². The number of rotatable bonds is 3. The molecule has 4 heteroatoms. The minimum atomic E-state index is -0.293. The Morgan fingerprint density at radius 2 is 2.05 bits per heavy atom. The summed E-state index contributed by atoms with van der Waals surface area (Å²) >= 11 is 0. The SMILES string of the molecule is CC1CC(N(C)C(=O)OCc2ccccc2)C(C)O1. The molecule has 0 bridgehead atoms. The van der Waals surface area contributed by atoms with Gasteiger partial charge in [0.2, 0.25) is 0 Å². The summed E-state index contributed by atoms with van der Waals surface area (Å²) in [5.41, 5.74) is 0.994. The zero-order valence-corrected chi connectivity index (χ0v) is 11.7. The predicted octanol–water partition coefficient (Wildman–Crippen LogP) is 2.82. The molecule has 1 heterocycles. The van der Waals surface area contributed by atoms with Crippen LogP contribution in [-0.2, 0) is 16.1 Å². The van der Waals surface area contributed by atoms with Crippen LogP contribution in [0.15, 0.2) is 30.3 Å². The highest BCUT2D eigenvalue weighted by molar-refractivity contribution is 5.67. The Labute approximate surface area is 114 Å². The minimum Gasteiger partial charge on any atom is -0.445 e. The Hall–Kier alpha value is -1.55. The van der Waals surface area contributed by atoms with Crippen LogP contribution in [-0.4, -0.2) is 36.3 Å². The largest absolute Gasteiger partial charge is 0.445 e. The Kier molecular flexibility index (Phi) is 4.43. The van der Waals surface area contributed by atoms with Crippen LogP contribution in [0.5, 0.6) is 0 Å². The van der Waals surface area contributed by atoms with E-state index in [2.05, 4.69) is 0 Å². The van der Waals surface area contributed by atoms with Gasteiger partial charge in [0.15, 0.2) is 0 Å². The topological polar surface area (TPSA) is 38.8 Å². The number of carbonyl (C=O) groups excluding carboxylic acids is 1. The van der Waals surface area contributed by atoms with Crippen LogP contribution in [0.3, 0.4) is 0 Å². The summed E-state index contributed by atoms with van der Waals surface area (Å²) < 4.78 is 11.0. The summed E-state index contributed by atoms with van der Waals surface area (Å²) in [7, 11) is 1.77. The molecule has 0 N–H and O–H groups in total. The molecule has 19 heavy (non-hydrogen) atoms. The molecule has 3 atom stereocenters. The van der Waals surface area contributed by atoms with Crippen LogP contribution in [0, 0.1) is 0 Å². The van der Waals surface area contributed by atoms with E-state index in [0.29, 0.717) is 6.61 Å². The van der Waals surface area contributed by atoms with Crippen molar-refractivity contribution >= 4 is 6.09 Å². The molecule has 1 aliphatic heterocycles. The maximum absolute atomic E-state index is 12.0. The third-order valence-corrected chi connectivity index (χ3v) is 3.55. The van der Waals surface area contributed by atoms with Crippen molar-refractivity contribution in [3.05, 3.63) is 35.9 Å². The molecular formula is C15H21NO3. The standard InChI is InChI=1S/C15H21NO3/c1-11-9-14(12(2)19-11)16(3)15(17)18-10-13-7-5-4-6-8-13/h4-8,11-12,14H,9-10H2,1-3H3. The van der Waals surface area contributed by atoms with Gasteiger partial charge in [-0.05, 0) is 25.8 Å². The molecule has 1 aromatic rings. The van der Waals surface area contributed by atoms with Gasteiger partial charge in [-0.15, -0.1) is 0 Å². The maximum atomic E-state index is 12.0. The van der Waals surface area contributed by atoms with E-state index in [9.17, 15) is 4.79 Å². The quantitative estimate of drug-likeness (QED) is 0.841. The lowest BCUT2D eigenvalue weighted by Gasteiger charge is -2.25. The third kappa shape index (κ3) is 3.47. The van der Waals surface area contributed by atoms with Crippen LogP contribution in [0.1, 0.15) is 25.8 Å². The predicted molar refractivity (Wildman–Crippen MR) is 72.8 cm³/mol. The lowest BCUT2D eigenvalue weighted by molar-refractivity contribution is 0.0386. The molecule has 0 aliphatic carbocycles. The Bertz CT molecular complexity index is 421. The van der Waals surface area contributed by atoms with E-state index in [1.54, 1.807) is 11.9 Å². The Morgan fingerprint density at radius 1 is 1.37 bits per heavy atom. The van der Waals surface area contributed by atoms with E-state index < -0.39 is 0 Å². The summed E-state index contributed by atoms with van der Waals surface area (Å²) in [6.07, 6.45) is 0.824. The van der Waals surface area contributed by atoms with Gasteiger partial charge >= 0.3 is 6.09 Å². The third-order valence-electron chi connectivity index (χ3n) is 3.55. The van der Waals surface area contributed by atoms with Crippen LogP contribution < -0.4 is 0 Å². The van der Waals surface area contributed by atoms with Crippen molar-refractivity contribution in [1.82, 2.24) is 4.90 Å². The van der Waals surface area contributed by atoms with E-state index in [4.69, 9.17) is 9.47 Å². The van der Waals surface area contributed by atoms with Crippen LogP contribution in [0.4, 0.5) is 4.79 Å². The molecule has 1 aromatic carbocycles. The molecule has 0 saturated carbocycles. The van der Waals surface area contributed by atoms with Crippen molar-refractivity contribution < 1.29 is 14.3 Å². The lowest BCUT2D eigenvalue weighted by Crippen LogP contribution is -2.41. The molecule has 3 unspecified atom stereocenters. The van der Waals surface area contributed by atoms with Gasteiger partial charge in [-0.1, -0.05) is 30.3 Å². The molecule has 1 aliphatic rings. The minimum absolute atomic E-state index is 0.0595. The number of benzene rings is 1. The molecule has 4 nitrogen and oxygen atoms in total. The fourth-order valence-electron chi connectivity index (χ4n) is 2.47. The fourth-order valence-corrected chi connectivity index (χ4v) is 2.47. The summed E-state index contributed by atoms with van der Waals surface area (Å²) in [6, 6.07) is 9.78. The number of ether oxygens (including phenoxy) is 2. The molecule has 0 aromatic heterocycles. The number of likely N-dealkylation sites (N-methyl/N-ethyl adjacent to an activating group) is 1. The summed E-state index contributed by atoms with van der Waals surface area (Å²) in [4.78, 5) is 13.7. The van der Waals surface area contributed by atoms with Crippen molar-refractivity contribution in [3.63, 3.8) is 0 Å². The van der Waals surface area contributed by atoms with E-state index in [1.807, 2.05) is 44.2 Å². The number of nitrogens with zero attached hydrogens (tertiary/aromatic N) is 1. The van der Waals surface area contributed by atoms with Crippen LogP contribution >= 0.6 is 0 Å². The first-order valence-electron chi connectivity index (χ1n) is 6.67. The van der Waals surface area contributed by atoms with Crippen LogP contribution in [0.2, 0.25) is 0 Å². The van der Waals surface area contributed by atoms with Crippen LogP contribution in [0.25, 0.3) is 0 Å². The van der Waals surface area contributed by atoms with Gasteiger partial charge in [0.05, 0.1) is 18.2 Å². The normalized spacial score (nSPS) is 26.2. The number of hydrogen-bond donors (Lipinski definition) is 0. The highest BCUT2D eigenvalue weighted by Crippen LogP contribution is 2.24. The zero-order valence-electron chi connectivity index (χ0n) is 11.7.